The summed E-state index contributed by atoms with van der Waals surface area (Å²) < 4.78 is 0. The van der Waals surface area contributed by atoms with E-state index in [9.17, 15) is 4.79 Å². The van der Waals surface area contributed by atoms with Gasteiger partial charge in [-0.1, -0.05) is 12.8 Å². The SMILES string of the molecule is C#CCNCC(=O)N1CCSC(C)C1C. The molecule has 3 nitrogen and oxygen atoms in total. The Morgan fingerprint density at radius 3 is 3.07 bits per heavy atom. The smallest absolute Gasteiger partial charge is 0.236 e. The van der Waals surface area contributed by atoms with E-state index in [1.54, 1.807) is 0 Å². The number of carbonyl (C=O) groups excluding carboxylic acids is 1. The summed E-state index contributed by atoms with van der Waals surface area (Å²) in [6.07, 6.45) is 5.10. The molecule has 0 bridgehead atoms. The third-order valence-electron chi connectivity index (χ3n) is 2.71. The highest BCUT2D eigenvalue weighted by Gasteiger charge is 2.28. The largest absolute Gasteiger partial charge is 0.337 e. The van der Waals surface area contributed by atoms with Crippen LogP contribution in [0.15, 0.2) is 0 Å². The Kier molecular flexibility index (Phi) is 5.00. The molecule has 1 N–H and O–H groups in total. The van der Waals surface area contributed by atoms with Crippen LogP contribution in [0, 0.1) is 12.3 Å². The Labute approximate surface area is 96.0 Å². The summed E-state index contributed by atoms with van der Waals surface area (Å²) in [4.78, 5) is 13.8. The van der Waals surface area contributed by atoms with Crippen molar-refractivity contribution in [2.24, 2.45) is 0 Å². The van der Waals surface area contributed by atoms with Crippen molar-refractivity contribution in [1.82, 2.24) is 10.2 Å². The second kappa shape index (κ2) is 6.04. The van der Waals surface area contributed by atoms with Gasteiger partial charge in [-0.3, -0.25) is 10.1 Å². The van der Waals surface area contributed by atoms with Gasteiger partial charge in [-0.2, -0.15) is 11.8 Å². The third kappa shape index (κ3) is 3.44. The Morgan fingerprint density at radius 2 is 2.40 bits per heavy atom. The van der Waals surface area contributed by atoms with Gasteiger partial charge in [-0.25, -0.2) is 0 Å². The Hall–Kier alpha value is -0.660. The van der Waals surface area contributed by atoms with Gasteiger partial charge < -0.3 is 4.90 Å². The van der Waals surface area contributed by atoms with E-state index in [-0.39, 0.29) is 5.91 Å². The van der Waals surface area contributed by atoms with Crippen LogP contribution in [0.1, 0.15) is 13.8 Å². The first kappa shape index (κ1) is 12.4. The van der Waals surface area contributed by atoms with Gasteiger partial charge in [-0.05, 0) is 6.92 Å². The van der Waals surface area contributed by atoms with Crippen LogP contribution in [0.25, 0.3) is 0 Å². The van der Waals surface area contributed by atoms with Gasteiger partial charge in [0.1, 0.15) is 0 Å². The topological polar surface area (TPSA) is 32.3 Å². The second-order valence-corrected chi connectivity index (χ2v) is 5.20. The van der Waals surface area contributed by atoms with Crippen molar-refractivity contribution >= 4 is 17.7 Å². The minimum absolute atomic E-state index is 0.157. The van der Waals surface area contributed by atoms with Crippen LogP contribution in [0.5, 0.6) is 0 Å². The maximum atomic E-state index is 11.8. The lowest BCUT2D eigenvalue weighted by atomic mass is 10.2. The molecule has 2 unspecified atom stereocenters. The molecule has 4 heteroatoms. The predicted molar refractivity (Wildman–Crippen MR) is 64.8 cm³/mol. The van der Waals surface area contributed by atoms with Crippen LogP contribution >= 0.6 is 11.8 Å². The number of nitrogens with zero attached hydrogens (tertiary/aromatic N) is 1. The second-order valence-electron chi connectivity index (χ2n) is 3.71. The minimum Gasteiger partial charge on any atom is -0.337 e. The highest BCUT2D eigenvalue weighted by Crippen LogP contribution is 2.23. The molecule has 84 valence electrons. The molecule has 1 aliphatic rings. The lowest BCUT2D eigenvalue weighted by Gasteiger charge is -2.37. The van der Waals surface area contributed by atoms with Crippen molar-refractivity contribution in [3.63, 3.8) is 0 Å². The summed E-state index contributed by atoms with van der Waals surface area (Å²) in [5.41, 5.74) is 0. The number of amides is 1. The van der Waals surface area contributed by atoms with E-state index in [1.807, 2.05) is 16.7 Å². The molecule has 1 amide bonds. The predicted octanol–water partition coefficient (Wildman–Crippen LogP) is 0.562. The van der Waals surface area contributed by atoms with E-state index >= 15 is 0 Å². The fourth-order valence-corrected chi connectivity index (χ4v) is 2.73. The molecule has 0 radical (unpaired) electrons. The van der Waals surface area contributed by atoms with Crippen LogP contribution in [0.4, 0.5) is 0 Å². The molecule has 0 aromatic rings. The lowest BCUT2D eigenvalue weighted by molar-refractivity contribution is -0.132. The molecular weight excluding hydrogens is 208 g/mol. The van der Waals surface area contributed by atoms with Crippen molar-refractivity contribution in [3.8, 4) is 12.3 Å². The maximum Gasteiger partial charge on any atom is 0.236 e. The molecule has 0 aromatic carbocycles. The van der Waals surface area contributed by atoms with Crippen molar-refractivity contribution in [2.45, 2.75) is 25.1 Å². The van der Waals surface area contributed by atoms with Gasteiger partial charge in [0, 0.05) is 23.6 Å². The van der Waals surface area contributed by atoms with E-state index in [0.717, 1.165) is 12.3 Å². The summed E-state index contributed by atoms with van der Waals surface area (Å²) >= 11 is 1.93. The van der Waals surface area contributed by atoms with E-state index in [2.05, 4.69) is 25.1 Å². The van der Waals surface area contributed by atoms with Crippen LogP contribution in [0.2, 0.25) is 0 Å². The molecule has 2 atom stereocenters. The van der Waals surface area contributed by atoms with E-state index in [1.165, 1.54) is 0 Å². The molecule has 1 saturated heterocycles. The summed E-state index contributed by atoms with van der Waals surface area (Å²) in [6.45, 7) is 5.94. The van der Waals surface area contributed by atoms with Gasteiger partial charge in [0.05, 0.1) is 13.1 Å². The van der Waals surface area contributed by atoms with Crippen molar-refractivity contribution in [3.05, 3.63) is 0 Å². The molecule has 15 heavy (non-hydrogen) atoms. The number of terminal acetylenes is 1. The number of thioether (sulfide) groups is 1. The van der Waals surface area contributed by atoms with Crippen molar-refractivity contribution in [2.75, 3.05) is 25.4 Å². The summed E-state index contributed by atoms with van der Waals surface area (Å²) in [7, 11) is 0. The zero-order chi connectivity index (χ0) is 11.3. The van der Waals surface area contributed by atoms with Gasteiger partial charge in [0.15, 0.2) is 0 Å². The molecular formula is C11H18N2OS. The Balaban J connectivity index is 2.41. The lowest BCUT2D eigenvalue weighted by Crippen LogP contribution is -2.50. The monoisotopic (exact) mass is 226 g/mol. The van der Waals surface area contributed by atoms with Crippen LogP contribution in [0.3, 0.4) is 0 Å². The number of carbonyl (C=O) groups is 1. The molecule has 0 saturated carbocycles. The average molecular weight is 226 g/mol. The number of hydrogen-bond acceptors (Lipinski definition) is 3. The standard InChI is InChI=1S/C11H18N2OS/c1-4-5-12-8-11(14)13-6-7-15-10(3)9(13)2/h1,9-10,12H,5-8H2,2-3H3. The van der Waals surface area contributed by atoms with Crippen LogP contribution < -0.4 is 5.32 Å². The van der Waals surface area contributed by atoms with Gasteiger partial charge in [0.25, 0.3) is 0 Å². The molecule has 0 aromatic heterocycles. The molecule has 0 aliphatic carbocycles. The van der Waals surface area contributed by atoms with Gasteiger partial charge in [-0.15, -0.1) is 6.42 Å². The molecule has 1 heterocycles. The minimum atomic E-state index is 0.157. The van der Waals surface area contributed by atoms with E-state index in [0.29, 0.717) is 24.4 Å². The first-order valence-corrected chi connectivity index (χ1v) is 6.27. The maximum absolute atomic E-state index is 11.8. The normalized spacial score (nSPS) is 26.1. The van der Waals surface area contributed by atoms with E-state index < -0.39 is 0 Å². The number of nitrogens with one attached hydrogen (secondary N) is 1. The Bertz CT molecular complexity index is 262. The highest BCUT2D eigenvalue weighted by molar-refractivity contribution is 8.00. The Morgan fingerprint density at radius 1 is 1.67 bits per heavy atom. The quantitative estimate of drug-likeness (QED) is 0.564. The zero-order valence-corrected chi connectivity index (χ0v) is 10.1. The average Bonchev–Trinajstić information content (AvgIpc) is 2.22. The third-order valence-corrected chi connectivity index (χ3v) is 4.05. The number of rotatable bonds is 3. The van der Waals surface area contributed by atoms with Crippen molar-refractivity contribution < 1.29 is 4.79 Å². The molecule has 1 aliphatic heterocycles. The highest BCUT2D eigenvalue weighted by atomic mass is 32.2. The fourth-order valence-electron chi connectivity index (χ4n) is 1.63. The first-order valence-electron chi connectivity index (χ1n) is 5.22. The summed E-state index contributed by atoms with van der Waals surface area (Å²) in [5.74, 6) is 3.65. The van der Waals surface area contributed by atoms with Crippen molar-refractivity contribution in [1.29, 1.82) is 0 Å². The van der Waals surface area contributed by atoms with E-state index in [4.69, 9.17) is 6.42 Å². The van der Waals surface area contributed by atoms with Crippen LogP contribution in [-0.4, -0.2) is 47.5 Å². The first-order chi connectivity index (χ1) is 7.16. The zero-order valence-electron chi connectivity index (χ0n) is 9.32. The number of hydrogen-bond donors (Lipinski definition) is 1. The van der Waals surface area contributed by atoms with Crippen LogP contribution in [-0.2, 0) is 4.79 Å². The fraction of sp³-hybridized carbons (Fsp3) is 0.727. The molecule has 0 spiro atoms. The van der Waals surface area contributed by atoms with Gasteiger partial charge >= 0.3 is 0 Å². The summed E-state index contributed by atoms with van der Waals surface area (Å²) in [6, 6.07) is 0.323. The van der Waals surface area contributed by atoms with Gasteiger partial charge in [0.2, 0.25) is 5.91 Å². The molecule has 1 fully saturated rings. The summed E-state index contributed by atoms with van der Waals surface area (Å²) in [5, 5.41) is 3.46. The molecule has 1 rings (SSSR count).